The maximum atomic E-state index is 13.3. The summed E-state index contributed by atoms with van der Waals surface area (Å²) in [4.78, 5) is 25.8. The van der Waals surface area contributed by atoms with Crippen molar-refractivity contribution in [3.63, 3.8) is 0 Å². The molecule has 0 aromatic heterocycles. The van der Waals surface area contributed by atoms with Gasteiger partial charge in [-0.2, -0.15) is 0 Å². The van der Waals surface area contributed by atoms with Crippen LogP contribution in [0.1, 0.15) is 66.2 Å². The lowest BCUT2D eigenvalue weighted by molar-refractivity contribution is -0.188. The van der Waals surface area contributed by atoms with Crippen molar-refractivity contribution in [3.8, 4) is 0 Å². The third-order valence-electron chi connectivity index (χ3n) is 11.8. The molecule has 7 heteroatoms. The third kappa shape index (κ3) is 2.66. The van der Waals surface area contributed by atoms with Gasteiger partial charge in [0.15, 0.2) is 5.78 Å². The van der Waals surface area contributed by atoms with Crippen LogP contribution in [-0.4, -0.2) is 63.2 Å². The van der Waals surface area contributed by atoms with E-state index in [2.05, 4.69) is 6.92 Å². The molecule has 3 saturated carbocycles. The second-order valence-electron chi connectivity index (χ2n) is 12.7. The van der Waals surface area contributed by atoms with Crippen LogP contribution >= 0.6 is 0 Å². The molecule has 1 saturated heterocycles. The number of epoxide rings is 1. The van der Waals surface area contributed by atoms with Gasteiger partial charge in [0.25, 0.3) is 0 Å². The minimum Gasteiger partial charge on any atom is -0.458 e. The van der Waals surface area contributed by atoms with Crippen molar-refractivity contribution in [2.45, 2.75) is 95.7 Å². The summed E-state index contributed by atoms with van der Waals surface area (Å²) in [7, 11) is 0. The van der Waals surface area contributed by atoms with Gasteiger partial charge in [-0.3, -0.25) is 4.79 Å². The van der Waals surface area contributed by atoms with Gasteiger partial charge in [0.1, 0.15) is 17.8 Å². The highest BCUT2D eigenvalue weighted by atomic mass is 16.6. The highest BCUT2D eigenvalue weighted by Gasteiger charge is 2.81. The molecule has 7 nitrogen and oxygen atoms in total. The van der Waals surface area contributed by atoms with Crippen molar-refractivity contribution in [2.75, 3.05) is 6.61 Å². The predicted octanol–water partition coefficient (Wildman–Crippen LogP) is 2.47. The zero-order valence-electron chi connectivity index (χ0n) is 21.1. The van der Waals surface area contributed by atoms with Crippen molar-refractivity contribution in [1.82, 2.24) is 0 Å². The lowest BCUT2D eigenvalue weighted by Crippen LogP contribution is -2.65. The first-order valence-electron chi connectivity index (χ1n) is 13.3. The zero-order chi connectivity index (χ0) is 25.1. The van der Waals surface area contributed by atoms with E-state index in [1.165, 1.54) is 0 Å². The van der Waals surface area contributed by atoms with Gasteiger partial charge >= 0.3 is 5.97 Å². The first kappa shape index (κ1) is 23.8. The molecule has 0 aromatic rings. The summed E-state index contributed by atoms with van der Waals surface area (Å²) in [6.45, 7) is 7.72. The molecular weight excluding hydrogens is 448 g/mol. The molecule has 0 amide bonds. The molecule has 35 heavy (non-hydrogen) atoms. The Morgan fingerprint density at radius 2 is 1.89 bits per heavy atom. The van der Waals surface area contributed by atoms with Crippen molar-refractivity contribution in [3.05, 3.63) is 23.3 Å². The Hall–Kier alpha value is -1.54. The fraction of sp³-hybridized carbons (Fsp3) is 0.786. The van der Waals surface area contributed by atoms with Gasteiger partial charge in [-0.1, -0.05) is 19.4 Å². The molecular formula is C28H38O7. The standard InChI is InChI=1S/C28H38O7/c1-14-11-20(34-24(32)17(14)13-29)15(2)27(33)10-8-18-16-12-23-28(35-23)22(31)6-5-21(30)26(28,4)19(16)7-9-25(18,27)3/h5-6,15-16,18-20,22-23,29,31,33H,7-13H2,1-4H3/t15-,16?,18?,19?,20-,22+,23-,25+,26+,27+,28-/m1/s1. The molecule has 4 fully saturated rings. The second kappa shape index (κ2) is 7.27. The summed E-state index contributed by atoms with van der Waals surface area (Å²) < 4.78 is 11.9. The number of ether oxygens (including phenoxy) is 2. The quantitative estimate of drug-likeness (QED) is 0.414. The van der Waals surface area contributed by atoms with E-state index >= 15 is 0 Å². The normalized spacial score (nSPS) is 53.3. The van der Waals surface area contributed by atoms with E-state index in [-0.39, 0.29) is 47.6 Å². The van der Waals surface area contributed by atoms with E-state index in [1.54, 1.807) is 12.2 Å². The third-order valence-corrected chi connectivity index (χ3v) is 11.8. The number of hydrogen-bond donors (Lipinski definition) is 3. The molecule has 0 bridgehead atoms. The number of fused-ring (bicyclic) bond motifs is 4. The van der Waals surface area contributed by atoms with Gasteiger partial charge in [-0.05, 0) is 81.3 Å². The number of cyclic esters (lactones) is 1. The van der Waals surface area contributed by atoms with Crippen molar-refractivity contribution in [1.29, 1.82) is 0 Å². The molecule has 1 spiro atoms. The smallest absolute Gasteiger partial charge is 0.336 e. The van der Waals surface area contributed by atoms with E-state index in [0.29, 0.717) is 18.4 Å². The highest BCUT2D eigenvalue weighted by molar-refractivity contribution is 5.98. The molecule has 11 atom stereocenters. The first-order chi connectivity index (χ1) is 16.5. The second-order valence-corrected chi connectivity index (χ2v) is 12.7. The zero-order valence-corrected chi connectivity index (χ0v) is 21.1. The number of esters is 1. The van der Waals surface area contributed by atoms with Gasteiger partial charge in [0, 0.05) is 12.3 Å². The molecule has 6 rings (SSSR count). The summed E-state index contributed by atoms with van der Waals surface area (Å²) in [5, 5.41) is 32.7. The molecule has 3 N–H and O–H groups in total. The topological polar surface area (TPSA) is 117 Å². The fourth-order valence-electron chi connectivity index (χ4n) is 9.62. The molecule has 4 aliphatic carbocycles. The molecule has 2 aliphatic heterocycles. The molecule has 0 radical (unpaired) electrons. The summed E-state index contributed by atoms with van der Waals surface area (Å²) in [6.07, 6.45) is 6.22. The Balaban J connectivity index is 1.31. The minimum atomic E-state index is -1.000. The van der Waals surface area contributed by atoms with E-state index in [4.69, 9.17) is 9.47 Å². The van der Waals surface area contributed by atoms with Gasteiger partial charge in [0.05, 0.1) is 29.3 Å². The van der Waals surface area contributed by atoms with Crippen LogP contribution in [-0.2, 0) is 19.1 Å². The fourth-order valence-corrected chi connectivity index (χ4v) is 9.62. The van der Waals surface area contributed by atoms with Crippen LogP contribution in [0.25, 0.3) is 0 Å². The summed E-state index contributed by atoms with van der Waals surface area (Å²) >= 11 is 0. The number of carbonyl (C=O) groups excluding carboxylic acids is 2. The first-order valence-corrected chi connectivity index (χ1v) is 13.3. The lowest BCUT2D eigenvalue weighted by atomic mass is 9.44. The number of hydrogen-bond acceptors (Lipinski definition) is 7. The van der Waals surface area contributed by atoms with Gasteiger partial charge in [0.2, 0.25) is 0 Å². The van der Waals surface area contributed by atoms with Crippen molar-refractivity contribution >= 4 is 11.8 Å². The van der Waals surface area contributed by atoms with Crippen LogP contribution < -0.4 is 0 Å². The molecule has 2 heterocycles. The molecule has 0 aromatic carbocycles. The van der Waals surface area contributed by atoms with Crippen LogP contribution in [0.3, 0.4) is 0 Å². The number of rotatable bonds is 3. The monoisotopic (exact) mass is 486 g/mol. The highest BCUT2D eigenvalue weighted by Crippen LogP contribution is 2.73. The predicted molar refractivity (Wildman–Crippen MR) is 126 cm³/mol. The SMILES string of the molecule is CC1=C(CO)C(=O)O[C@@H]([C@@H](C)[C@@]2(O)CCC3C4C[C@H]5O[C@]56[C@@H](O)C=CC(=O)[C@]6(C)C4CC[C@@]32C)C1. The van der Waals surface area contributed by atoms with E-state index < -0.39 is 34.8 Å². The van der Waals surface area contributed by atoms with Crippen LogP contribution in [0.5, 0.6) is 0 Å². The van der Waals surface area contributed by atoms with Crippen molar-refractivity contribution < 1.29 is 34.4 Å². The summed E-state index contributed by atoms with van der Waals surface area (Å²) in [6, 6.07) is 0. The van der Waals surface area contributed by atoms with E-state index in [9.17, 15) is 24.9 Å². The Labute approximate surface area is 206 Å². The van der Waals surface area contributed by atoms with Crippen LogP contribution in [0.4, 0.5) is 0 Å². The lowest BCUT2D eigenvalue weighted by Gasteiger charge is -2.59. The summed E-state index contributed by atoms with van der Waals surface area (Å²) in [5.74, 6) is -0.114. The number of aliphatic hydroxyl groups excluding tert-OH is 2. The Morgan fingerprint density at radius 3 is 2.57 bits per heavy atom. The maximum Gasteiger partial charge on any atom is 0.336 e. The van der Waals surface area contributed by atoms with Gasteiger partial charge in [-0.15, -0.1) is 0 Å². The maximum absolute atomic E-state index is 13.3. The van der Waals surface area contributed by atoms with Crippen molar-refractivity contribution in [2.24, 2.45) is 34.5 Å². The van der Waals surface area contributed by atoms with Crippen LogP contribution in [0.2, 0.25) is 0 Å². The Kier molecular flexibility index (Phi) is 4.95. The molecule has 192 valence electrons. The number of carbonyl (C=O) groups is 2. The van der Waals surface area contributed by atoms with E-state index in [0.717, 1.165) is 31.3 Å². The molecule has 3 unspecified atom stereocenters. The minimum absolute atomic E-state index is 0.0568. The summed E-state index contributed by atoms with van der Waals surface area (Å²) in [5.41, 5.74) is -1.75. The van der Waals surface area contributed by atoms with Crippen LogP contribution in [0.15, 0.2) is 23.3 Å². The molecule has 6 aliphatic rings. The Morgan fingerprint density at radius 1 is 1.17 bits per heavy atom. The number of ketones is 1. The van der Waals surface area contributed by atoms with Gasteiger partial charge < -0.3 is 24.8 Å². The van der Waals surface area contributed by atoms with E-state index in [1.807, 2.05) is 20.8 Å². The largest absolute Gasteiger partial charge is 0.458 e. The number of aliphatic hydroxyl groups is 3. The Bertz CT molecular complexity index is 1050. The number of allylic oxidation sites excluding steroid dienone is 1. The average Bonchev–Trinajstić information content (AvgIpc) is 3.49. The van der Waals surface area contributed by atoms with Gasteiger partial charge in [-0.25, -0.2) is 4.79 Å². The average molecular weight is 487 g/mol. The van der Waals surface area contributed by atoms with Crippen LogP contribution in [0, 0.1) is 34.5 Å².